The highest BCUT2D eigenvalue weighted by molar-refractivity contribution is 5.89. The SMILES string of the molecule is CCCCCCCC(=O)OC(=O)[C@@H](N)Cc1c[nH]c2ccccc12. The van der Waals surface area contributed by atoms with Gasteiger partial charge < -0.3 is 15.5 Å². The minimum atomic E-state index is -0.840. The van der Waals surface area contributed by atoms with Crippen molar-refractivity contribution in [1.82, 2.24) is 4.98 Å². The van der Waals surface area contributed by atoms with E-state index in [1.165, 1.54) is 6.42 Å². The Morgan fingerprint density at radius 2 is 1.92 bits per heavy atom. The third kappa shape index (κ3) is 5.20. The summed E-state index contributed by atoms with van der Waals surface area (Å²) < 4.78 is 4.87. The number of nitrogens with two attached hydrogens (primary N) is 1. The van der Waals surface area contributed by atoms with E-state index in [-0.39, 0.29) is 6.42 Å². The summed E-state index contributed by atoms with van der Waals surface area (Å²) in [6, 6.07) is 6.97. The number of ether oxygens (including phenoxy) is 1. The van der Waals surface area contributed by atoms with Crippen molar-refractivity contribution in [3.63, 3.8) is 0 Å². The minimum Gasteiger partial charge on any atom is -0.392 e. The molecule has 3 N–H and O–H groups in total. The molecule has 0 aliphatic rings. The monoisotopic (exact) mass is 330 g/mol. The van der Waals surface area contributed by atoms with Crippen molar-refractivity contribution >= 4 is 22.8 Å². The number of aromatic amines is 1. The van der Waals surface area contributed by atoms with E-state index in [9.17, 15) is 9.59 Å². The number of para-hydroxylation sites is 1. The number of carbonyl (C=O) groups excluding carboxylic acids is 2. The van der Waals surface area contributed by atoms with E-state index in [1.807, 2.05) is 30.5 Å². The first-order chi connectivity index (χ1) is 11.6. The third-order valence-corrected chi connectivity index (χ3v) is 4.12. The lowest BCUT2D eigenvalue weighted by molar-refractivity contribution is -0.160. The molecular weight excluding hydrogens is 304 g/mol. The van der Waals surface area contributed by atoms with Gasteiger partial charge in [0.15, 0.2) is 0 Å². The van der Waals surface area contributed by atoms with E-state index in [0.717, 1.165) is 42.1 Å². The molecule has 5 heteroatoms. The van der Waals surface area contributed by atoms with Gasteiger partial charge in [0.2, 0.25) is 0 Å². The number of nitrogens with one attached hydrogen (secondary N) is 1. The Morgan fingerprint density at radius 3 is 2.71 bits per heavy atom. The molecule has 0 amide bonds. The molecule has 0 saturated carbocycles. The molecule has 0 saturated heterocycles. The zero-order valence-corrected chi connectivity index (χ0v) is 14.2. The molecule has 2 rings (SSSR count). The lowest BCUT2D eigenvalue weighted by Gasteiger charge is -2.10. The largest absolute Gasteiger partial charge is 0.392 e. The van der Waals surface area contributed by atoms with Crippen LogP contribution >= 0.6 is 0 Å². The summed E-state index contributed by atoms with van der Waals surface area (Å²) in [6.07, 6.45) is 7.63. The van der Waals surface area contributed by atoms with Gasteiger partial charge >= 0.3 is 11.9 Å². The highest BCUT2D eigenvalue weighted by atomic mass is 16.6. The van der Waals surface area contributed by atoms with Crippen LogP contribution in [-0.4, -0.2) is 23.0 Å². The van der Waals surface area contributed by atoms with Crippen LogP contribution in [0.25, 0.3) is 10.9 Å². The first-order valence-corrected chi connectivity index (χ1v) is 8.67. The van der Waals surface area contributed by atoms with Crippen molar-refractivity contribution < 1.29 is 14.3 Å². The third-order valence-electron chi connectivity index (χ3n) is 4.12. The first-order valence-electron chi connectivity index (χ1n) is 8.67. The lowest BCUT2D eigenvalue weighted by Crippen LogP contribution is -2.35. The summed E-state index contributed by atoms with van der Waals surface area (Å²) in [5, 5.41) is 1.03. The van der Waals surface area contributed by atoms with Gasteiger partial charge in [-0.1, -0.05) is 50.8 Å². The number of carbonyl (C=O) groups is 2. The lowest BCUT2D eigenvalue weighted by atomic mass is 10.1. The Balaban J connectivity index is 1.78. The van der Waals surface area contributed by atoms with Crippen LogP contribution in [-0.2, 0) is 20.7 Å². The molecule has 130 valence electrons. The summed E-state index contributed by atoms with van der Waals surface area (Å²) in [4.78, 5) is 26.8. The summed E-state index contributed by atoms with van der Waals surface area (Å²) in [5.74, 6) is -1.13. The van der Waals surface area contributed by atoms with Gasteiger partial charge in [-0.05, 0) is 18.1 Å². The van der Waals surface area contributed by atoms with Crippen molar-refractivity contribution in [3.8, 4) is 0 Å². The van der Waals surface area contributed by atoms with Crippen LogP contribution in [0.2, 0.25) is 0 Å². The average molecular weight is 330 g/mol. The fourth-order valence-electron chi connectivity index (χ4n) is 2.73. The number of unbranched alkanes of at least 4 members (excludes halogenated alkanes) is 4. The molecule has 0 unspecified atom stereocenters. The van der Waals surface area contributed by atoms with Gasteiger partial charge in [0.1, 0.15) is 6.04 Å². The highest BCUT2D eigenvalue weighted by Gasteiger charge is 2.20. The molecular formula is C19H26N2O3. The maximum absolute atomic E-state index is 12.0. The molecule has 0 fully saturated rings. The van der Waals surface area contributed by atoms with E-state index < -0.39 is 18.0 Å². The van der Waals surface area contributed by atoms with Crippen molar-refractivity contribution in [2.75, 3.05) is 0 Å². The molecule has 0 aliphatic carbocycles. The summed E-state index contributed by atoms with van der Waals surface area (Å²) >= 11 is 0. The Morgan fingerprint density at radius 1 is 1.17 bits per heavy atom. The van der Waals surface area contributed by atoms with Gasteiger partial charge in [0.05, 0.1) is 0 Å². The van der Waals surface area contributed by atoms with Crippen molar-refractivity contribution in [2.45, 2.75) is 57.9 Å². The number of H-pyrrole nitrogens is 1. The second-order valence-electron chi connectivity index (χ2n) is 6.13. The number of hydrogen-bond donors (Lipinski definition) is 2. The molecule has 2 aromatic rings. The molecule has 5 nitrogen and oxygen atoms in total. The second kappa shape index (κ2) is 9.23. The van der Waals surface area contributed by atoms with E-state index in [0.29, 0.717) is 6.42 Å². The summed E-state index contributed by atoms with van der Waals surface area (Å²) in [5.41, 5.74) is 7.84. The van der Waals surface area contributed by atoms with Crippen LogP contribution in [0.5, 0.6) is 0 Å². The molecule has 1 heterocycles. The van der Waals surface area contributed by atoms with E-state index in [4.69, 9.17) is 10.5 Å². The number of rotatable bonds is 9. The smallest absolute Gasteiger partial charge is 0.330 e. The van der Waals surface area contributed by atoms with Crippen LogP contribution in [0.15, 0.2) is 30.5 Å². The normalized spacial score (nSPS) is 12.2. The van der Waals surface area contributed by atoms with Crippen molar-refractivity contribution in [1.29, 1.82) is 0 Å². The van der Waals surface area contributed by atoms with E-state index in [1.54, 1.807) is 0 Å². The number of hydrogen-bond acceptors (Lipinski definition) is 4. The predicted molar refractivity (Wildman–Crippen MR) is 94.5 cm³/mol. The van der Waals surface area contributed by atoms with Crippen LogP contribution in [0.1, 0.15) is 51.0 Å². The van der Waals surface area contributed by atoms with Gasteiger partial charge in [-0.3, -0.25) is 4.79 Å². The fraction of sp³-hybridized carbons (Fsp3) is 0.474. The molecule has 24 heavy (non-hydrogen) atoms. The van der Waals surface area contributed by atoms with Gasteiger partial charge in [0.25, 0.3) is 0 Å². The van der Waals surface area contributed by atoms with Crippen molar-refractivity contribution in [3.05, 3.63) is 36.0 Å². The van der Waals surface area contributed by atoms with Gasteiger partial charge in [-0.25, -0.2) is 4.79 Å². The quantitative estimate of drug-likeness (QED) is 0.419. The fourth-order valence-corrected chi connectivity index (χ4v) is 2.73. The zero-order chi connectivity index (χ0) is 17.4. The number of benzene rings is 1. The molecule has 1 atom stereocenters. The second-order valence-corrected chi connectivity index (χ2v) is 6.13. The van der Waals surface area contributed by atoms with Gasteiger partial charge in [0, 0.05) is 29.9 Å². The van der Waals surface area contributed by atoms with Crippen LogP contribution in [0, 0.1) is 0 Å². The summed E-state index contributed by atoms with van der Waals surface area (Å²) in [7, 11) is 0. The maximum Gasteiger partial charge on any atom is 0.330 e. The van der Waals surface area contributed by atoms with Crippen LogP contribution < -0.4 is 5.73 Å². The zero-order valence-electron chi connectivity index (χ0n) is 14.2. The highest BCUT2D eigenvalue weighted by Crippen LogP contribution is 2.19. The van der Waals surface area contributed by atoms with Crippen LogP contribution in [0.4, 0.5) is 0 Å². The topological polar surface area (TPSA) is 85.2 Å². The Kier molecular flexibility index (Phi) is 7.00. The molecule has 0 bridgehead atoms. The number of fused-ring (bicyclic) bond motifs is 1. The van der Waals surface area contributed by atoms with Crippen molar-refractivity contribution in [2.24, 2.45) is 5.73 Å². The Bertz CT molecular complexity index is 678. The van der Waals surface area contributed by atoms with E-state index >= 15 is 0 Å². The van der Waals surface area contributed by atoms with Gasteiger partial charge in [-0.2, -0.15) is 0 Å². The molecule has 0 aliphatic heterocycles. The first kappa shape index (κ1) is 18.2. The molecule has 0 radical (unpaired) electrons. The maximum atomic E-state index is 12.0. The predicted octanol–water partition coefficient (Wildman–Crippen LogP) is 3.47. The summed E-state index contributed by atoms with van der Waals surface area (Å²) in [6.45, 7) is 2.14. The number of esters is 2. The number of aromatic nitrogens is 1. The Hall–Kier alpha value is -2.14. The minimum absolute atomic E-state index is 0.273. The molecule has 1 aromatic heterocycles. The average Bonchev–Trinajstić information content (AvgIpc) is 2.98. The van der Waals surface area contributed by atoms with E-state index in [2.05, 4.69) is 11.9 Å². The molecule has 1 aromatic carbocycles. The Labute approximate surface area is 142 Å². The van der Waals surface area contributed by atoms with Crippen LogP contribution in [0.3, 0.4) is 0 Å². The standard InChI is InChI=1S/C19H26N2O3/c1-2-3-4-5-6-11-18(22)24-19(23)16(20)12-14-13-21-17-10-8-7-9-15(14)17/h7-10,13,16,21H,2-6,11-12,20H2,1H3/t16-/m0/s1. The molecule has 0 spiro atoms. The van der Waals surface area contributed by atoms with Gasteiger partial charge in [-0.15, -0.1) is 0 Å².